The lowest BCUT2D eigenvalue weighted by molar-refractivity contribution is -0.139. The van der Waals surface area contributed by atoms with Crippen LogP contribution in [0.2, 0.25) is 0 Å². The van der Waals surface area contributed by atoms with Gasteiger partial charge in [-0.05, 0) is 45.1 Å². The predicted octanol–water partition coefficient (Wildman–Crippen LogP) is 0.890. The maximum absolute atomic E-state index is 12.3. The van der Waals surface area contributed by atoms with E-state index in [0.717, 1.165) is 51.6 Å². The average Bonchev–Trinajstić information content (AvgIpc) is 2.34. The average molecular weight is 240 g/mol. The zero-order valence-electron chi connectivity index (χ0n) is 10.7. The number of amides is 1. The van der Waals surface area contributed by atoms with Crippen LogP contribution in [0.15, 0.2) is 0 Å². The van der Waals surface area contributed by atoms with Crippen LogP contribution in [0.5, 0.6) is 0 Å². The van der Waals surface area contributed by atoms with Crippen LogP contribution < -0.4 is 5.32 Å². The number of nitrogens with one attached hydrogen (secondary N) is 1. The van der Waals surface area contributed by atoms with Crippen molar-refractivity contribution in [3.8, 4) is 0 Å². The number of likely N-dealkylation sites (N-methyl/N-ethyl adjacent to an activating group) is 1. The zero-order valence-corrected chi connectivity index (χ0v) is 10.7. The Morgan fingerprint density at radius 2 is 2.00 bits per heavy atom. The maximum Gasteiger partial charge on any atom is 0.239 e. The Hall–Kier alpha value is -0.610. The smallest absolute Gasteiger partial charge is 0.239 e. The van der Waals surface area contributed by atoms with Crippen LogP contribution in [0, 0.1) is 0 Å². The summed E-state index contributed by atoms with van der Waals surface area (Å²) in [6.45, 7) is 3.80. The molecule has 0 aromatic heterocycles. The zero-order chi connectivity index (χ0) is 12.3. The molecule has 17 heavy (non-hydrogen) atoms. The normalized spacial score (nSPS) is 35.1. The molecule has 1 aliphatic heterocycles. The van der Waals surface area contributed by atoms with Crippen LogP contribution in [0.1, 0.15) is 45.4 Å². The molecule has 2 fully saturated rings. The van der Waals surface area contributed by atoms with Crippen molar-refractivity contribution in [2.45, 2.75) is 63.6 Å². The summed E-state index contributed by atoms with van der Waals surface area (Å²) >= 11 is 0. The van der Waals surface area contributed by atoms with Gasteiger partial charge in [-0.3, -0.25) is 4.79 Å². The second-order valence-electron chi connectivity index (χ2n) is 5.25. The molecule has 1 amide bonds. The summed E-state index contributed by atoms with van der Waals surface area (Å²) in [5, 5.41) is 12.8. The highest BCUT2D eigenvalue weighted by Gasteiger charge is 2.34. The fraction of sp³-hybridized carbons (Fsp3) is 0.923. The maximum atomic E-state index is 12.3. The van der Waals surface area contributed by atoms with Gasteiger partial charge < -0.3 is 15.3 Å². The van der Waals surface area contributed by atoms with Crippen LogP contribution in [-0.4, -0.2) is 47.2 Å². The van der Waals surface area contributed by atoms with E-state index in [1.807, 2.05) is 6.92 Å². The van der Waals surface area contributed by atoms with Crippen LogP contribution in [0.4, 0.5) is 0 Å². The summed E-state index contributed by atoms with van der Waals surface area (Å²) in [5.74, 6) is 0.277. The third-order valence-corrected chi connectivity index (χ3v) is 4.03. The number of hydrogen-bond donors (Lipinski definition) is 2. The van der Waals surface area contributed by atoms with Crippen LogP contribution >= 0.6 is 0 Å². The molecule has 4 nitrogen and oxygen atoms in total. The minimum Gasteiger partial charge on any atom is -0.393 e. The number of aliphatic hydroxyl groups is 1. The SMILES string of the molecule is CCNC1CCCN(C2CCC(O)CC2)C1=O. The van der Waals surface area contributed by atoms with E-state index >= 15 is 0 Å². The molecule has 2 rings (SSSR count). The lowest BCUT2D eigenvalue weighted by atomic mass is 9.90. The summed E-state index contributed by atoms with van der Waals surface area (Å²) in [6.07, 6.45) is 5.55. The first-order chi connectivity index (χ1) is 8.22. The number of rotatable bonds is 3. The lowest BCUT2D eigenvalue weighted by Gasteiger charge is -2.40. The summed E-state index contributed by atoms with van der Waals surface area (Å²) < 4.78 is 0. The Bertz CT molecular complexity index is 260. The minimum absolute atomic E-state index is 0.0283. The molecule has 1 saturated heterocycles. The van der Waals surface area contributed by atoms with Crippen LogP contribution in [-0.2, 0) is 4.79 Å². The molecule has 0 spiro atoms. The van der Waals surface area contributed by atoms with E-state index in [4.69, 9.17) is 0 Å². The third kappa shape index (κ3) is 2.99. The van der Waals surface area contributed by atoms with Crippen molar-refractivity contribution in [1.29, 1.82) is 0 Å². The molecule has 0 bridgehead atoms. The quantitative estimate of drug-likeness (QED) is 0.770. The van der Waals surface area contributed by atoms with Gasteiger partial charge in [-0.2, -0.15) is 0 Å². The van der Waals surface area contributed by atoms with Crippen LogP contribution in [0.3, 0.4) is 0 Å². The number of hydrogen-bond acceptors (Lipinski definition) is 3. The van der Waals surface area contributed by atoms with Crippen molar-refractivity contribution in [3.63, 3.8) is 0 Å². The van der Waals surface area contributed by atoms with Crippen molar-refractivity contribution < 1.29 is 9.90 Å². The molecule has 0 aromatic carbocycles. The number of aliphatic hydroxyl groups excluding tert-OH is 1. The summed E-state index contributed by atoms with van der Waals surface area (Å²) in [5.41, 5.74) is 0. The molecule has 1 atom stereocenters. The summed E-state index contributed by atoms with van der Waals surface area (Å²) in [7, 11) is 0. The highest BCUT2D eigenvalue weighted by Crippen LogP contribution is 2.26. The fourth-order valence-corrected chi connectivity index (χ4v) is 3.07. The Kier molecular flexibility index (Phi) is 4.40. The van der Waals surface area contributed by atoms with Gasteiger partial charge in [0.05, 0.1) is 12.1 Å². The van der Waals surface area contributed by atoms with Gasteiger partial charge in [0.25, 0.3) is 0 Å². The number of piperidine rings is 1. The minimum atomic E-state index is -0.143. The van der Waals surface area contributed by atoms with Crippen molar-refractivity contribution in [2.24, 2.45) is 0 Å². The molecule has 4 heteroatoms. The molecular weight excluding hydrogens is 216 g/mol. The third-order valence-electron chi connectivity index (χ3n) is 4.03. The highest BCUT2D eigenvalue weighted by atomic mass is 16.3. The fourth-order valence-electron chi connectivity index (χ4n) is 3.07. The Morgan fingerprint density at radius 3 is 2.65 bits per heavy atom. The molecule has 1 unspecified atom stereocenters. The number of carbonyl (C=O) groups excluding carboxylic acids is 1. The largest absolute Gasteiger partial charge is 0.393 e. The first kappa shape index (κ1) is 12.8. The van der Waals surface area contributed by atoms with E-state index < -0.39 is 0 Å². The molecule has 1 heterocycles. The molecule has 1 saturated carbocycles. The van der Waals surface area contributed by atoms with E-state index in [-0.39, 0.29) is 18.1 Å². The van der Waals surface area contributed by atoms with Gasteiger partial charge in [-0.1, -0.05) is 6.92 Å². The first-order valence-electron chi connectivity index (χ1n) is 6.94. The van der Waals surface area contributed by atoms with Crippen LogP contribution in [0.25, 0.3) is 0 Å². The standard InChI is InChI=1S/C13H24N2O2/c1-2-14-12-4-3-9-15(13(12)17)10-5-7-11(16)8-6-10/h10-12,14,16H,2-9H2,1H3. The van der Waals surface area contributed by atoms with E-state index in [1.54, 1.807) is 0 Å². The van der Waals surface area contributed by atoms with Crippen molar-refractivity contribution >= 4 is 5.91 Å². The van der Waals surface area contributed by atoms with Gasteiger partial charge in [-0.15, -0.1) is 0 Å². The summed E-state index contributed by atoms with van der Waals surface area (Å²) in [4.78, 5) is 14.4. The Balaban J connectivity index is 1.93. The van der Waals surface area contributed by atoms with Gasteiger partial charge in [0.1, 0.15) is 0 Å². The highest BCUT2D eigenvalue weighted by molar-refractivity contribution is 5.82. The van der Waals surface area contributed by atoms with Crippen molar-refractivity contribution in [2.75, 3.05) is 13.1 Å². The predicted molar refractivity (Wildman–Crippen MR) is 66.7 cm³/mol. The van der Waals surface area contributed by atoms with Gasteiger partial charge in [0.2, 0.25) is 5.91 Å². The van der Waals surface area contributed by atoms with E-state index in [2.05, 4.69) is 10.2 Å². The molecule has 1 aliphatic carbocycles. The van der Waals surface area contributed by atoms with E-state index in [0.29, 0.717) is 6.04 Å². The number of likely N-dealkylation sites (tertiary alicyclic amines) is 1. The van der Waals surface area contributed by atoms with E-state index in [1.165, 1.54) is 0 Å². The van der Waals surface area contributed by atoms with E-state index in [9.17, 15) is 9.90 Å². The number of nitrogens with zero attached hydrogens (tertiary/aromatic N) is 1. The Labute approximate surface area is 103 Å². The van der Waals surface area contributed by atoms with Gasteiger partial charge in [0.15, 0.2) is 0 Å². The molecule has 0 aromatic rings. The van der Waals surface area contributed by atoms with Gasteiger partial charge in [-0.25, -0.2) is 0 Å². The topological polar surface area (TPSA) is 52.6 Å². The molecule has 2 aliphatic rings. The summed E-state index contributed by atoms with van der Waals surface area (Å²) in [6, 6.07) is 0.396. The second-order valence-corrected chi connectivity index (χ2v) is 5.25. The molecule has 2 N–H and O–H groups in total. The van der Waals surface area contributed by atoms with Gasteiger partial charge >= 0.3 is 0 Å². The molecule has 0 radical (unpaired) electrons. The lowest BCUT2D eigenvalue weighted by Crippen LogP contribution is -2.54. The van der Waals surface area contributed by atoms with Crippen molar-refractivity contribution in [1.82, 2.24) is 10.2 Å². The van der Waals surface area contributed by atoms with Gasteiger partial charge in [0, 0.05) is 12.6 Å². The number of carbonyl (C=O) groups is 1. The second kappa shape index (κ2) is 5.83. The molecule has 98 valence electrons. The molecular formula is C13H24N2O2. The van der Waals surface area contributed by atoms with Crippen molar-refractivity contribution in [3.05, 3.63) is 0 Å². The Morgan fingerprint density at radius 1 is 1.29 bits per heavy atom. The first-order valence-corrected chi connectivity index (χ1v) is 6.94. The monoisotopic (exact) mass is 240 g/mol.